The molecule has 3 aromatic rings. The van der Waals surface area contributed by atoms with Crippen molar-refractivity contribution in [3.63, 3.8) is 0 Å². The second-order valence-corrected chi connectivity index (χ2v) is 6.23. The van der Waals surface area contributed by atoms with Gasteiger partial charge in [0.1, 0.15) is 5.82 Å². The summed E-state index contributed by atoms with van der Waals surface area (Å²) in [6.45, 7) is 3.31. The minimum atomic E-state index is -0.151. The minimum Gasteiger partial charge on any atom is -0.348 e. The van der Waals surface area contributed by atoms with E-state index in [9.17, 15) is 4.79 Å². The lowest BCUT2D eigenvalue weighted by Gasteiger charge is -2.22. The standard InChI is InChI=1S/C21H20ClN3O/c1-2-25(19-6-4-3-5-7-19)20-13-10-17(15-23-20)21(26)24-14-16-8-11-18(22)12-9-16/h3-13,15H,2,14H2,1H3,(H,24,26). The number of nitrogens with zero attached hydrogens (tertiary/aromatic N) is 2. The fourth-order valence-electron chi connectivity index (χ4n) is 2.65. The number of anilines is 2. The molecule has 0 fully saturated rings. The van der Waals surface area contributed by atoms with E-state index in [0.29, 0.717) is 17.1 Å². The molecular formula is C21H20ClN3O. The van der Waals surface area contributed by atoms with Crippen molar-refractivity contribution < 1.29 is 4.79 Å². The summed E-state index contributed by atoms with van der Waals surface area (Å²) in [6, 6.07) is 21.1. The van der Waals surface area contributed by atoms with Crippen molar-refractivity contribution in [2.45, 2.75) is 13.5 Å². The van der Waals surface area contributed by atoms with Gasteiger partial charge in [0.05, 0.1) is 5.56 Å². The van der Waals surface area contributed by atoms with E-state index in [-0.39, 0.29) is 5.91 Å². The molecule has 1 aromatic heterocycles. The molecule has 0 unspecified atom stereocenters. The van der Waals surface area contributed by atoms with Crippen LogP contribution in [0.5, 0.6) is 0 Å². The predicted molar refractivity (Wildman–Crippen MR) is 106 cm³/mol. The van der Waals surface area contributed by atoms with E-state index in [0.717, 1.165) is 23.6 Å². The molecule has 132 valence electrons. The van der Waals surface area contributed by atoms with E-state index in [1.807, 2.05) is 60.7 Å². The topological polar surface area (TPSA) is 45.2 Å². The van der Waals surface area contributed by atoms with Gasteiger partial charge in [0.25, 0.3) is 5.91 Å². The van der Waals surface area contributed by atoms with Crippen molar-refractivity contribution in [3.05, 3.63) is 89.1 Å². The molecule has 0 aliphatic carbocycles. The molecule has 5 heteroatoms. The quantitative estimate of drug-likeness (QED) is 0.681. The number of halogens is 1. The van der Waals surface area contributed by atoms with Gasteiger partial charge in [-0.3, -0.25) is 4.79 Å². The van der Waals surface area contributed by atoms with Crippen LogP contribution in [0.25, 0.3) is 0 Å². The Bertz CT molecular complexity index is 849. The zero-order chi connectivity index (χ0) is 18.4. The Morgan fingerprint density at radius 2 is 1.77 bits per heavy atom. The van der Waals surface area contributed by atoms with Crippen LogP contribution < -0.4 is 10.2 Å². The fourth-order valence-corrected chi connectivity index (χ4v) is 2.78. The first-order chi connectivity index (χ1) is 12.7. The van der Waals surface area contributed by atoms with Crippen molar-refractivity contribution in [3.8, 4) is 0 Å². The molecule has 0 atom stereocenters. The first kappa shape index (κ1) is 18.0. The Morgan fingerprint density at radius 3 is 2.38 bits per heavy atom. The number of amides is 1. The van der Waals surface area contributed by atoms with Gasteiger partial charge in [-0.1, -0.05) is 41.9 Å². The molecule has 0 saturated heterocycles. The van der Waals surface area contributed by atoms with Crippen LogP contribution in [0.2, 0.25) is 5.02 Å². The van der Waals surface area contributed by atoms with Crippen molar-refractivity contribution >= 4 is 29.0 Å². The van der Waals surface area contributed by atoms with Crippen LogP contribution in [0.3, 0.4) is 0 Å². The Kier molecular flexibility index (Phi) is 5.87. The first-order valence-corrected chi connectivity index (χ1v) is 8.86. The summed E-state index contributed by atoms with van der Waals surface area (Å²) in [5, 5.41) is 3.57. The maximum absolute atomic E-state index is 12.3. The van der Waals surface area contributed by atoms with Gasteiger partial charge in [-0.15, -0.1) is 0 Å². The first-order valence-electron chi connectivity index (χ1n) is 8.48. The average molecular weight is 366 g/mol. The highest BCUT2D eigenvalue weighted by molar-refractivity contribution is 6.30. The number of para-hydroxylation sites is 1. The number of carbonyl (C=O) groups excluding carboxylic acids is 1. The smallest absolute Gasteiger partial charge is 0.253 e. The maximum atomic E-state index is 12.3. The van der Waals surface area contributed by atoms with Crippen LogP contribution >= 0.6 is 11.6 Å². The molecule has 0 spiro atoms. The van der Waals surface area contributed by atoms with Gasteiger partial charge in [0.2, 0.25) is 0 Å². The van der Waals surface area contributed by atoms with Crippen LogP contribution in [0.1, 0.15) is 22.8 Å². The zero-order valence-electron chi connectivity index (χ0n) is 14.5. The largest absolute Gasteiger partial charge is 0.348 e. The van der Waals surface area contributed by atoms with Crippen LogP contribution in [-0.4, -0.2) is 17.4 Å². The Hall–Kier alpha value is -2.85. The zero-order valence-corrected chi connectivity index (χ0v) is 15.3. The molecule has 26 heavy (non-hydrogen) atoms. The molecule has 2 aromatic carbocycles. The fraction of sp³-hybridized carbons (Fsp3) is 0.143. The maximum Gasteiger partial charge on any atom is 0.253 e. The summed E-state index contributed by atoms with van der Waals surface area (Å²) in [5.74, 6) is 0.662. The van der Waals surface area contributed by atoms with E-state index in [4.69, 9.17) is 11.6 Å². The summed E-state index contributed by atoms with van der Waals surface area (Å²) in [4.78, 5) is 18.9. The van der Waals surface area contributed by atoms with E-state index >= 15 is 0 Å². The third kappa shape index (κ3) is 4.41. The highest BCUT2D eigenvalue weighted by Gasteiger charge is 2.10. The van der Waals surface area contributed by atoms with Crippen molar-refractivity contribution in [2.24, 2.45) is 0 Å². The number of benzene rings is 2. The van der Waals surface area contributed by atoms with Crippen LogP contribution in [0.15, 0.2) is 72.9 Å². The molecule has 3 rings (SSSR count). The van der Waals surface area contributed by atoms with Crippen LogP contribution in [0.4, 0.5) is 11.5 Å². The van der Waals surface area contributed by atoms with Gasteiger partial charge in [0.15, 0.2) is 0 Å². The molecule has 0 aliphatic rings. The highest BCUT2D eigenvalue weighted by Crippen LogP contribution is 2.22. The summed E-state index contributed by atoms with van der Waals surface area (Å²) in [6.07, 6.45) is 1.61. The molecule has 4 nitrogen and oxygen atoms in total. The number of hydrogen-bond donors (Lipinski definition) is 1. The third-order valence-corrected chi connectivity index (χ3v) is 4.29. The van der Waals surface area contributed by atoms with Gasteiger partial charge in [-0.25, -0.2) is 4.98 Å². The number of pyridine rings is 1. The number of nitrogens with one attached hydrogen (secondary N) is 1. The van der Waals surface area contributed by atoms with Crippen LogP contribution in [-0.2, 0) is 6.54 Å². The number of hydrogen-bond acceptors (Lipinski definition) is 3. The number of aromatic nitrogens is 1. The predicted octanol–water partition coefficient (Wildman–Crippen LogP) is 4.82. The lowest BCUT2D eigenvalue weighted by molar-refractivity contribution is 0.0950. The van der Waals surface area contributed by atoms with Gasteiger partial charge in [0, 0.05) is 30.0 Å². The summed E-state index contributed by atoms with van der Waals surface area (Å²) in [5.41, 5.74) is 2.60. The molecule has 1 heterocycles. The molecule has 0 aliphatic heterocycles. The Balaban J connectivity index is 1.66. The molecule has 1 amide bonds. The Labute approximate surface area is 158 Å². The van der Waals surface area contributed by atoms with Crippen molar-refractivity contribution in [2.75, 3.05) is 11.4 Å². The number of carbonyl (C=O) groups is 1. The molecular weight excluding hydrogens is 346 g/mol. The van der Waals surface area contributed by atoms with Gasteiger partial charge in [-0.2, -0.15) is 0 Å². The second kappa shape index (κ2) is 8.50. The second-order valence-electron chi connectivity index (χ2n) is 5.79. The summed E-state index contributed by atoms with van der Waals surface area (Å²) >= 11 is 5.87. The lowest BCUT2D eigenvalue weighted by atomic mass is 10.2. The average Bonchev–Trinajstić information content (AvgIpc) is 2.69. The van der Waals surface area contributed by atoms with Crippen molar-refractivity contribution in [1.29, 1.82) is 0 Å². The molecule has 0 radical (unpaired) electrons. The monoisotopic (exact) mass is 365 g/mol. The Morgan fingerprint density at radius 1 is 1.04 bits per heavy atom. The summed E-state index contributed by atoms with van der Waals surface area (Å²) < 4.78 is 0. The molecule has 0 saturated carbocycles. The summed E-state index contributed by atoms with van der Waals surface area (Å²) in [7, 11) is 0. The van der Waals surface area contributed by atoms with Crippen molar-refractivity contribution in [1.82, 2.24) is 10.3 Å². The van der Waals surface area contributed by atoms with Crippen LogP contribution in [0, 0.1) is 0 Å². The van der Waals surface area contributed by atoms with E-state index in [1.54, 1.807) is 12.3 Å². The van der Waals surface area contributed by atoms with Gasteiger partial charge >= 0.3 is 0 Å². The van der Waals surface area contributed by atoms with E-state index in [2.05, 4.69) is 22.1 Å². The molecule has 1 N–H and O–H groups in total. The SMILES string of the molecule is CCN(c1ccccc1)c1ccc(C(=O)NCc2ccc(Cl)cc2)cn1. The minimum absolute atomic E-state index is 0.151. The van der Waals surface area contributed by atoms with E-state index in [1.165, 1.54) is 0 Å². The lowest BCUT2D eigenvalue weighted by Crippen LogP contribution is -2.23. The third-order valence-electron chi connectivity index (χ3n) is 4.04. The van der Waals surface area contributed by atoms with Gasteiger partial charge < -0.3 is 10.2 Å². The highest BCUT2D eigenvalue weighted by atomic mass is 35.5. The van der Waals surface area contributed by atoms with E-state index < -0.39 is 0 Å². The molecule has 0 bridgehead atoms. The number of rotatable bonds is 6. The van der Waals surface area contributed by atoms with Gasteiger partial charge in [-0.05, 0) is 48.9 Å². The normalized spacial score (nSPS) is 10.4.